The zero-order chi connectivity index (χ0) is 13.1. The first-order valence-electron chi connectivity index (χ1n) is 6.55. The Morgan fingerprint density at radius 2 is 2.17 bits per heavy atom. The molecule has 1 aromatic heterocycles. The molecule has 1 heterocycles. The third-order valence-electron chi connectivity index (χ3n) is 3.81. The summed E-state index contributed by atoms with van der Waals surface area (Å²) in [5.41, 5.74) is 1.20. The predicted octanol–water partition coefficient (Wildman–Crippen LogP) is 3.89. The summed E-state index contributed by atoms with van der Waals surface area (Å²) in [4.78, 5) is 14.2. The van der Waals surface area contributed by atoms with Gasteiger partial charge in [0.25, 0.3) is 5.91 Å². The van der Waals surface area contributed by atoms with E-state index in [4.69, 9.17) is 11.6 Å². The van der Waals surface area contributed by atoms with Gasteiger partial charge in [0.1, 0.15) is 0 Å². The van der Waals surface area contributed by atoms with Crippen LogP contribution in [-0.4, -0.2) is 17.8 Å². The highest BCUT2D eigenvalue weighted by Crippen LogP contribution is 2.26. The van der Waals surface area contributed by atoms with Crippen molar-refractivity contribution in [2.24, 2.45) is 5.92 Å². The van der Waals surface area contributed by atoms with E-state index in [9.17, 15) is 4.79 Å². The van der Waals surface area contributed by atoms with E-state index in [2.05, 4.69) is 12.2 Å². The molecule has 0 aromatic carbocycles. The maximum absolute atomic E-state index is 12.2. The van der Waals surface area contributed by atoms with Gasteiger partial charge in [0, 0.05) is 16.8 Å². The summed E-state index contributed by atoms with van der Waals surface area (Å²) in [7, 11) is 0. The summed E-state index contributed by atoms with van der Waals surface area (Å²) in [6.45, 7) is 4.10. The lowest BCUT2D eigenvalue weighted by Crippen LogP contribution is -2.42. The predicted molar refractivity (Wildman–Crippen MR) is 77.7 cm³/mol. The maximum atomic E-state index is 12.2. The van der Waals surface area contributed by atoms with E-state index in [1.807, 2.05) is 13.0 Å². The van der Waals surface area contributed by atoms with Gasteiger partial charge in [-0.05, 0) is 44.2 Å². The fourth-order valence-corrected chi connectivity index (χ4v) is 3.81. The molecular weight excluding hydrogens is 266 g/mol. The number of halogens is 1. The first-order valence-corrected chi connectivity index (χ1v) is 7.90. The molecule has 1 aromatic rings. The Hall–Kier alpha value is -0.540. The van der Waals surface area contributed by atoms with E-state index in [1.165, 1.54) is 23.3 Å². The number of thiophene rings is 1. The molecule has 1 N–H and O–H groups in total. The average molecular weight is 286 g/mol. The molecule has 0 saturated heterocycles. The fraction of sp³-hybridized carbons (Fsp3) is 0.643. The van der Waals surface area contributed by atoms with Gasteiger partial charge in [-0.2, -0.15) is 0 Å². The Morgan fingerprint density at radius 3 is 2.78 bits per heavy atom. The van der Waals surface area contributed by atoms with Gasteiger partial charge in [0.05, 0.1) is 4.88 Å². The molecule has 2 atom stereocenters. The Bertz CT molecular complexity index is 410. The van der Waals surface area contributed by atoms with Crippen LogP contribution < -0.4 is 5.32 Å². The molecule has 100 valence electrons. The maximum Gasteiger partial charge on any atom is 0.261 e. The molecule has 18 heavy (non-hydrogen) atoms. The van der Waals surface area contributed by atoms with Crippen molar-refractivity contribution in [3.63, 3.8) is 0 Å². The lowest BCUT2D eigenvalue weighted by atomic mass is 9.86. The summed E-state index contributed by atoms with van der Waals surface area (Å²) < 4.78 is 0. The zero-order valence-electron chi connectivity index (χ0n) is 11.0. The molecule has 4 heteroatoms. The summed E-state index contributed by atoms with van der Waals surface area (Å²) >= 11 is 7.56. The minimum Gasteiger partial charge on any atom is -0.348 e. The molecule has 1 aliphatic carbocycles. The lowest BCUT2D eigenvalue weighted by molar-refractivity contribution is 0.0915. The third-order valence-corrected chi connectivity index (χ3v) is 5.36. The van der Waals surface area contributed by atoms with Crippen molar-refractivity contribution in [3.8, 4) is 0 Å². The fourth-order valence-electron chi connectivity index (χ4n) is 2.51. The van der Waals surface area contributed by atoms with Crippen LogP contribution in [0.3, 0.4) is 0 Å². The first-order chi connectivity index (χ1) is 8.61. The van der Waals surface area contributed by atoms with Crippen LogP contribution in [0.5, 0.6) is 0 Å². The second-order valence-corrected chi connectivity index (χ2v) is 6.69. The van der Waals surface area contributed by atoms with Crippen molar-refractivity contribution in [2.75, 3.05) is 5.88 Å². The van der Waals surface area contributed by atoms with Crippen LogP contribution in [0.15, 0.2) is 6.07 Å². The van der Waals surface area contributed by atoms with Crippen molar-refractivity contribution in [1.29, 1.82) is 0 Å². The molecule has 2 nitrogen and oxygen atoms in total. The van der Waals surface area contributed by atoms with Gasteiger partial charge in [-0.15, -0.1) is 22.9 Å². The number of rotatable bonds is 3. The number of hydrogen-bond acceptors (Lipinski definition) is 2. The smallest absolute Gasteiger partial charge is 0.261 e. The number of alkyl halides is 1. The normalized spacial score (nSPS) is 23.9. The van der Waals surface area contributed by atoms with Crippen molar-refractivity contribution < 1.29 is 4.79 Å². The standard InChI is InChI=1S/C14H20ClNOS/c1-9-7-13(18-10(9)2)14(17)16-12-6-4-3-5-11(12)8-15/h7,11-12H,3-6,8H2,1-2H3,(H,16,17). The highest BCUT2D eigenvalue weighted by atomic mass is 35.5. The topological polar surface area (TPSA) is 29.1 Å². The average Bonchev–Trinajstić information content (AvgIpc) is 2.70. The molecule has 0 aliphatic heterocycles. The lowest BCUT2D eigenvalue weighted by Gasteiger charge is -2.30. The summed E-state index contributed by atoms with van der Waals surface area (Å²) in [5.74, 6) is 1.15. The van der Waals surface area contributed by atoms with E-state index in [1.54, 1.807) is 11.3 Å². The highest BCUT2D eigenvalue weighted by Gasteiger charge is 2.26. The largest absolute Gasteiger partial charge is 0.348 e. The van der Waals surface area contributed by atoms with Gasteiger partial charge in [0.15, 0.2) is 0 Å². The third kappa shape index (κ3) is 3.07. The number of hydrogen-bond donors (Lipinski definition) is 1. The van der Waals surface area contributed by atoms with E-state index in [0.717, 1.165) is 17.7 Å². The number of aryl methyl sites for hydroxylation is 2. The van der Waals surface area contributed by atoms with Crippen LogP contribution in [0.1, 0.15) is 45.8 Å². The van der Waals surface area contributed by atoms with Gasteiger partial charge in [0.2, 0.25) is 0 Å². The summed E-state index contributed by atoms with van der Waals surface area (Å²) in [5, 5.41) is 3.16. The number of carbonyl (C=O) groups excluding carboxylic acids is 1. The Labute approximate surface area is 118 Å². The van der Waals surface area contributed by atoms with Crippen molar-refractivity contribution in [1.82, 2.24) is 5.32 Å². The zero-order valence-corrected chi connectivity index (χ0v) is 12.5. The summed E-state index contributed by atoms with van der Waals surface area (Å²) in [6, 6.07) is 2.24. The molecule has 1 saturated carbocycles. The number of nitrogens with one attached hydrogen (secondary N) is 1. The van der Waals surface area contributed by atoms with Crippen LogP contribution in [0.25, 0.3) is 0 Å². The van der Waals surface area contributed by atoms with Crippen molar-refractivity contribution in [2.45, 2.75) is 45.6 Å². The van der Waals surface area contributed by atoms with Gasteiger partial charge >= 0.3 is 0 Å². The van der Waals surface area contributed by atoms with Crippen molar-refractivity contribution in [3.05, 3.63) is 21.4 Å². The Kier molecular flexibility index (Phi) is 4.68. The molecule has 0 bridgehead atoms. The second kappa shape index (κ2) is 6.07. The number of amides is 1. The van der Waals surface area contributed by atoms with Crippen LogP contribution in [0.4, 0.5) is 0 Å². The van der Waals surface area contributed by atoms with Crippen LogP contribution in [0.2, 0.25) is 0 Å². The van der Waals surface area contributed by atoms with Gasteiger partial charge < -0.3 is 5.32 Å². The first kappa shape index (κ1) is 13.9. The van der Waals surface area contributed by atoms with Crippen molar-refractivity contribution >= 4 is 28.8 Å². The van der Waals surface area contributed by atoms with Gasteiger partial charge in [-0.3, -0.25) is 4.79 Å². The monoisotopic (exact) mass is 285 g/mol. The molecule has 2 rings (SSSR count). The molecule has 0 radical (unpaired) electrons. The molecule has 1 amide bonds. The molecule has 1 fully saturated rings. The highest BCUT2D eigenvalue weighted by molar-refractivity contribution is 7.14. The molecule has 2 unspecified atom stereocenters. The van der Waals surface area contributed by atoms with E-state index in [-0.39, 0.29) is 11.9 Å². The summed E-state index contributed by atoms with van der Waals surface area (Å²) in [6.07, 6.45) is 4.63. The SMILES string of the molecule is Cc1cc(C(=O)NC2CCCCC2CCl)sc1C. The Morgan fingerprint density at radius 1 is 1.44 bits per heavy atom. The Balaban J connectivity index is 2.01. The van der Waals surface area contributed by atoms with E-state index in [0.29, 0.717) is 11.8 Å². The van der Waals surface area contributed by atoms with Crippen LogP contribution >= 0.6 is 22.9 Å². The minimum absolute atomic E-state index is 0.0678. The van der Waals surface area contributed by atoms with E-state index >= 15 is 0 Å². The quantitative estimate of drug-likeness (QED) is 0.839. The van der Waals surface area contributed by atoms with Crippen LogP contribution in [-0.2, 0) is 0 Å². The van der Waals surface area contributed by atoms with Crippen LogP contribution in [0, 0.1) is 19.8 Å². The van der Waals surface area contributed by atoms with E-state index < -0.39 is 0 Å². The van der Waals surface area contributed by atoms with Gasteiger partial charge in [-0.1, -0.05) is 12.8 Å². The van der Waals surface area contributed by atoms with Gasteiger partial charge in [-0.25, -0.2) is 0 Å². The molecular formula is C14H20ClNOS. The minimum atomic E-state index is 0.0678. The molecule has 1 aliphatic rings. The second-order valence-electron chi connectivity index (χ2n) is 5.13. The number of carbonyl (C=O) groups is 1. The molecule has 0 spiro atoms.